The molecule has 152 valence electrons. The van der Waals surface area contributed by atoms with Crippen LogP contribution in [0.15, 0.2) is 65.3 Å². The third-order valence-corrected chi connectivity index (χ3v) is 6.21. The van der Waals surface area contributed by atoms with Gasteiger partial charge in [-0.15, -0.1) is 0 Å². The molecular formula is C22H19BrClN5O. The molecule has 1 fully saturated rings. The van der Waals surface area contributed by atoms with Crippen LogP contribution in [0.4, 0.5) is 16.3 Å². The third kappa shape index (κ3) is 3.48. The van der Waals surface area contributed by atoms with E-state index in [0.29, 0.717) is 36.9 Å². The summed E-state index contributed by atoms with van der Waals surface area (Å²) in [5, 5.41) is 3.44. The Labute approximate surface area is 187 Å². The summed E-state index contributed by atoms with van der Waals surface area (Å²) in [6.07, 6.45) is 2.06. The molecular weight excluding hydrogens is 466 g/mol. The maximum Gasteiger partial charge on any atom is 0.322 e. The fourth-order valence-corrected chi connectivity index (χ4v) is 4.38. The normalized spacial score (nSPS) is 14.5. The number of hydrogen-bond acceptors (Lipinski definition) is 3. The molecule has 4 aromatic rings. The van der Waals surface area contributed by atoms with Gasteiger partial charge in [-0.25, -0.2) is 9.78 Å². The van der Waals surface area contributed by atoms with Gasteiger partial charge < -0.3 is 19.5 Å². The van der Waals surface area contributed by atoms with Crippen molar-refractivity contribution in [2.45, 2.75) is 0 Å². The average molecular weight is 485 g/mol. The Balaban J connectivity index is 1.36. The molecule has 0 radical (unpaired) electrons. The van der Waals surface area contributed by atoms with Gasteiger partial charge in [0.05, 0.1) is 27.3 Å². The molecule has 1 saturated heterocycles. The zero-order valence-corrected chi connectivity index (χ0v) is 18.4. The van der Waals surface area contributed by atoms with Gasteiger partial charge in [-0.3, -0.25) is 0 Å². The van der Waals surface area contributed by atoms with Crippen molar-refractivity contribution in [3.05, 3.63) is 70.3 Å². The molecule has 0 bridgehead atoms. The van der Waals surface area contributed by atoms with Gasteiger partial charge in [0, 0.05) is 36.8 Å². The van der Waals surface area contributed by atoms with E-state index in [0.717, 1.165) is 26.8 Å². The van der Waals surface area contributed by atoms with Crippen molar-refractivity contribution in [1.29, 1.82) is 0 Å². The lowest BCUT2D eigenvalue weighted by molar-refractivity contribution is 0.208. The van der Waals surface area contributed by atoms with E-state index in [1.807, 2.05) is 35.2 Å². The highest BCUT2D eigenvalue weighted by molar-refractivity contribution is 9.10. The number of nitrogens with zero attached hydrogens (tertiary/aromatic N) is 4. The molecule has 0 unspecified atom stereocenters. The molecule has 2 aromatic heterocycles. The highest BCUT2D eigenvalue weighted by Gasteiger charge is 2.24. The van der Waals surface area contributed by atoms with E-state index in [4.69, 9.17) is 16.6 Å². The Bertz CT molecular complexity index is 1250. The molecule has 6 nitrogen and oxygen atoms in total. The standard InChI is InChI=1S/C22H19BrClN5O/c23-15-7-8-19-18(14-15)25-21(20-6-3-9-29(19)20)27-10-12-28(13-11-27)22(30)26-17-5-2-1-4-16(17)24/h1-9,14H,10-13H2,(H,26,30). The van der Waals surface area contributed by atoms with E-state index < -0.39 is 0 Å². The second kappa shape index (κ2) is 7.81. The zero-order valence-electron chi connectivity index (χ0n) is 16.1. The number of benzene rings is 2. The number of fused-ring (bicyclic) bond motifs is 3. The topological polar surface area (TPSA) is 52.9 Å². The number of nitrogens with one attached hydrogen (secondary N) is 1. The van der Waals surface area contributed by atoms with E-state index in [2.05, 4.69) is 48.9 Å². The molecule has 0 saturated carbocycles. The smallest absolute Gasteiger partial charge is 0.322 e. The highest BCUT2D eigenvalue weighted by atomic mass is 79.9. The molecule has 2 amide bonds. The van der Waals surface area contributed by atoms with E-state index in [9.17, 15) is 4.79 Å². The first-order valence-corrected chi connectivity index (χ1v) is 10.9. The number of carbonyl (C=O) groups is 1. The summed E-state index contributed by atoms with van der Waals surface area (Å²) in [5.41, 5.74) is 3.70. The summed E-state index contributed by atoms with van der Waals surface area (Å²) in [7, 11) is 0. The Kier molecular flexibility index (Phi) is 5.00. The molecule has 1 aliphatic heterocycles. The minimum Gasteiger partial charge on any atom is -0.351 e. The largest absolute Gasteiger partial charge is 0.351 e. The van der Waals surface area contributed by atoms with Gasteiger partial charge in [0.2, 0.25) is 0 Å². The maximum atomic E-state index is 12.7. The van der Waals surface area contributed by atoms with Crippen LogP contribution in [-0.2, 0) is 0 Å². The molecule has 1 N–H and O–H groups in total. The first-order chi connectivity index (χ1) is 14.6. The van der Waals surface area contributed by atoms with Crippen molar-refractivity contribution in [3.8, 4) is 0 Å². The van der Waals surface area contributed by atoms with Crippen molar-refractivity contribution in [2.24, 2.45) is 0 Å². The number of piperazine rings is 1. The van der Waals surface area contributed by atoms with Crippen LogP contribution < -0.4 is 10.2 Å². The van der Waals surface area contributed by atoms with Gasteiger partial charge in [0.25, 0.3) is 0 Å². The first-order valence-electron chi connectivity index (χ1n) is 9.72. The lowest BCUT2D eigenvalue weighted by atomic mass is 10.2. The van der Waals surface area contributed by atoms with Gasteiger partial charge in [0.15, 0.2) is 5.82 Å². The SMILES string of the molecule is O=C(Nc1ccccc1Cl)N1CCN(c2nc3cc(Br)ccc3n3cccc23)CC1. The number of urea groups is 1. The lowest BCUT2D eigenvalue weighted by Gasteiger charge is -2.35. The number of amides is 2. The molecule has 30 heavy (non-hydrogen) atoms. The molecule has 8 heteroatoms. The van der Waals surface area contributed by atoms with Crippen LogP contribution in [-0.4, -0.2) is 46.5 Å². The number of rotatable bonds is 2. The van der Waals surface area contributed by atoms with Crippen molar-refractivity contribution >= 4 is 61.6 Å². The summed E-state index contributed by atoms with van der Waals surface area (Å²) in [4.78, 5) is 21.7. The second-order valence-corrected chi connectivity index (χ2v) is 8.54. The Hall–Kier alpha value is -2.77. The highest BCUT2D eigenvalue weighted by Crippen LogP contribution is 2.28. The first kappa shape index (κ1) is 19.2. The van der Waals surface area contributed by atoms with Gasteiger partial charge in [0.1, 0.15) is 0 Å². The fraction of sp³-hybridized carbons (Fsp3) is 0.182. The number of hydrogen-bond donors (Lipinski definition) is 1. The fourth-order valence-electron chi connectivity index (χ4n) is 3.85. The van der Waals surface area contributed by atoms with Crippen LogP contribution in [0.2, 0.25) is 5.02 Å². The monoisotopic (exact) mass is 483 g/mol. The molecule has 3 heterocycles. The summed E-state index contributed by atoms with van der Waals surface area (Å²) >= 11 is 9.70. The lowest BCUT2D eigenvalue weighted by Crippen LogP contribution is -2.50. The molecule has 0 aliphatic carbocycles. The molecule has 5 rings (SSSR count). The third-order valence-electron chi connectivity index (χ3n) is 5.38. The predicted molar refractivity (Wildman–Crippen MR) is 125 cm³/mol. The average Bonchev–Trinajstić information content (AvgIpc) is 3.25. The number of aromatic nitrogens is 2. The predicted octanol–water partition coefficient (Wildman–Crippen LogP) is 5.26. The Morgan fingerprint density at radius 2 is 1.80 bits per heavy atom. The van der Waals surface area contributed by atoms with E-state index >= 15 is 0 Å². The minimum atomic E-state index is -0.133. The van der Waals surface area contributed by atoms with E-state index in [-0.39, 0.29) is 6.03 Å². The molecule has 1 aliphatic rings. The molecule has 0 spiro atoms. The summed E-state index contributed by atoms with van der Waals surface area (Å²) in [6, 6.07) is 17.4. The summed E-state index contributed by atoms with van der Waals surface area (Å²) in [6.45, 7) is 2.65. The number of para-hydroxylation sites is 1. The van der Waals surface area contributed by atoms with Crippen molar-refractivity contribution < 1.29 is 4.79 Å². The van der Waals surface area contributed by atoms with Crippen molar-refractivity contribution in [1.82, 2.24) is 14.3 Å². The molecule has 0 atom stereocenters. The number of carbonyl (C=O) groups excluding carboxylic acids is 1. The second-order valence-electron chi connectivity index (χ2n) is 7.22. The quantitative estimate of drug-likeness (QED) is 0.422. The van der Waals surface area contributed by atoms with Gasteiger partial charge in [-0.2, -0.15) is 0 Å². The molecule has 2 aromatic carbocycles. The van der Waals surface area contributed by atoms with Gasteiger partial charge >= 0.3 is 6.03 Å². The summed E-state index contributed by atoms with van der Waals surface area (Å²) < 4.78 is 3.17. The van der Waals surface area contributed by atoms with Crippen LogP contribution in [0.3, 0.4) is 0 Å². The minimum absolute atomic E-state index is 0.133. The van der Waals surface area contributed by atoms with Crippen LogP contribution in [0.5, 0.6) is 0 Å². The van der Waals surface area contributed by atoms with Crippen LogP contribution in [0.25, 0.3) is 16.6 Å². The van der Waals surface area contributed by atoms with Crippen LogP contribution in [0, 0.1) is 0 Å². The zero-order chi connectivity index (χ0) is 20.7. The Morgan fingerprint density at radius 3 is 2.60 bits per heavy atom. The number of anilines is 2. The van der Waals surface area contributed by atoms with Gasteiger partial charge in [-0.1, -0.05) is 39.7 Å². The Morgan fingerprint density at radius 1 is 1.00 bits per heavy atom. The van der Waals surface area contributed by atoms with Crippen LogP contribution in [0.1, 0.15) is 0 Å². The number of halogens is 2. The van der Waals surface area contributed by atoms with Gasteiger partial charge in [-0.05, 0) is 42.5 Å². The maximum absolute atomic E-state index is 12.7. The van der Waals surface area contributed by atoms with Crippen molar-refractivity contribution in [2.75, 3.05) is 36.4 Å². The van der Waals surface area contributed by atoms with Crippen LogP contribution >= 0.6 is 27.5 Å². The summed E-state index contributed by atoms with van der Waals surface area (Å²) in [5.74, 6) is 0.941. The van der Waals surface area contributed by atoms with E-state index in [1.54, 1.807) is 12.1 Å². The van der Waals surface area contributed by atoms with Crippen molar-refractivity contribution in [3.63, 3.8) is 0 Å². The van der Waals surface area contributed by atoms with E-state index in [1.165, 1.54) is 0 Å².